The maximum Gasteiger partial charge on any atom is 0.119 e. The van der Waals surface area contributed by atoms with E-state index in [0.717, 1.165) is 31.9 Å². The summed E-state index contributed by atoms with van der Waals surface area (Å²) in [6, 6.07) is 12.6. The summed E-state index contributed by atoms with van der Waals surface area (Å²) < 4.78 is 11.5. The molecule has 3 rings (SSSR count). The van der Waals surface area contributed by atoms with Gasteiger partial charge in [-0.1, -0.05) is 18.2 Å². The SMILES string of the molecule is c1cc(Cc2cccs2)cc(OCC2CNCCO2)c1. The minimum absolute atomic E-state index is 0.157. The Kier molecular flexibility index (Phi) is 4.69. The highest BCUT2D eigenvalue weighted by molar-refractivity contribution is 7.09. The number of morpholine rings is 1. The Bertz CT molecular complexity index is 521. The summed E-state index contributed by atoms with van der Waals surface area (Å²) in [5, 5.41) is 5.42. The fourth-order valence-electron chi connectivity index (χ4n) is 2.28. The van der Waals surface area contributed by atoms with Crippen molar-refractivity contribution >= 4 is 11.3 Å². The molecule has 1 aliphatic rings. The maximum atomic E-state index is 5.84. The van der Waals surface area contributed by atoms with Crippen LogP contribution in [-0.2, 0) is 11.2 Å². The lowest BCUT2D eigenvalue weighted by Gasteiger charge is -2.23. The molecule has 1 unspecified atom stereocenters. The highest BCUT2D eigenvalue weighted by atomic mass is 32.1. The maximum absolute atomic E-state index is 5.84. The highest BCUT2D eigenvalue weighted by Crippen LogP contribution is 2.19. The lowest BCUT2D eigenvalue weighted by molar-refractivity contribution is 0.000183. The van der Waals surface area contributed by atoms with Crippen molar-refractivity contribution < 1.29 is 9.47 Å². The molecule has 1 aromatic carbocycles. The van der Waals surface area contributed by atoms with E-state index in [2.05, 4.69) is 41.0 Å². The molecule has 1 aromatic heterocycles. The molecule has 1 fully saturated rings. The van der Waals surface area contributed by atoms with Gasteiger partial charge in [0.2, 0.25) is 0 Å². The summed E-state index contributed by atoms with van der Waals surface area (Å²) in [5.74, 6) is 0.924. The lowest BCUT2D eigenvalue weighted by atomic mass is 10.1. The Labute approximate surface area is 123 Å². The first-order chi connectivity index (χ1) is 9.90. The third-order valence-electron chi connectivity index (χ3n) is 3.30. The molecule has 1 atom stereocenters. The van der Waals surface area contributed by atoms with Gasteiger partial charge >= 0.3 is 0 Å². The van der Waals surface area contributed by atoms with Crippen molar-refractivity contribution in [2.45, 2.75) is 12.5 Å². The summed E-state index contributed by atoms with van der Waals surface area (Å²) in [4.78, 5) is 1.38. The van der Waals surface area contributed by atoms with E-state index in [1.165, 1.54) is 10.4 Å². The van der Waals surface area contributed by atoms with Crippen molar-refractivity contribution in [2.75, 3.05) is 26.3 Å². The summed E-state index contributed by atoms with van der Waals surface area (Å²) in [5.41, 5.74) is 1.28. The molecule has 0 radical (unpaired) electrons. The van der Waals surface area contributed by atoms with Crippen LogP contribution < -0.4 is 10.1 Å². The second-order valence-corrected chi connectivity index (χ2v) is 5.94. The zero-order valence-electron chi connectivity index (χ0n) is 11.4. The van der Waals surface area contributed by atoms with Gasteiger partial charge in [0, 0.05) is 24.4 Å². The van der Waals surface area contributed by atoms with Crippen molar-refractivity contribution in [1.29, 1.82) is 0 Å². The normalized spacial score (nSPS) is 18.9. The van der Waals surface area contributed by atoms with Crippen LogP contribution in [0.1, 0.15) is 10.4 Å². The molecule has 106 valence electrons. The van der Waals surface area contributed by atoms with Gasteiger partial charge in [-0.2, -0.15) is 0 Å². The van der Waals surface area contributed by atoms with Crippen LogP contribution in [0.2, 0.25) is 0 Å². The van der Waals surface area contributed by atoms with Gasteiger partial charge in [0.25, 0.3) is 0 Å². The van der Waals surface area contributed by atoms with Gasteiger partial charge < -0.3 is 14.8 Å². The van der Waals surface area contributed by atoms with Crippen molar-refractivity contribution in [1.82, 2.24) is 5.32 Å². The number of hydrogen-bond donors (Lipinski definition) is 1. The van der Waals surface area contributed by atoms with Crippen molar-refractivity contribution in [3.8, 4) is 5.75 Å². The van der Waals surface area contributed by atoms with E-state index in [0.29, 0.717) is 6.61 Å². The van der Waals surface area contributed by atoms with Gasteiger partial charge in [-0.25, -0.2) is 0 Å². The summed E-state index contributed by atoms with van der Waals surface area (Å²) in [6.07, 6.45) is 1.13. The number of nitrogens with one attached hydrogen (secondary N) is 1. The topological polar surface area (TPSA) is 30.5 Å². The molecule has 0 bridgehead atoms. The van der Waals surface area contributed by atoms with Gasteiger partial charge in [-0.15, -0.1) is 11.3 Å². The van der Waals surface area contributed by atoms with Gasteiger partial charge in [0.1, 0.15) is 18.5 Å². The second-order valence-electron chi connectivity index (χ2n) is 4.91. The first-order valence-corrected chi connectivity index (χ1v) is 7.84. The van der Waals surface area contributed by atoms with E-state index in [9.17, 15) is 0 Å². The number of ether oxygens (including phenoxy) is 2. The van der Waals surface area contributed by atoms with Gasteiger partial charge in [0.05, 0.1) is 6.61 Å². The predicted octanol–water partition coefficient (Wildman–Crippen LogP) is 2.71. The molecule has 4 heteroatoms. The first-order valence-electron chi connectivity index (χ1n) is 6.96. The first kappa shape index (κ1) is 13.6. The molecule has 0 amide bonds. The largest absolute Gasteiger partial charge is 0.491 e. The Morgan fingerprint density at radius 2 is 2.30 bits per heavy atom. The molecule has 0 spiro atoms. The standard InChI is InChI=1S/C16H19NO2S/c1-3-13(10-16-5-2-8-20-16)9-14(4-1)19-12-15-11-17-6-7-18-15/h1-5,8-9,15,17H,6-7,10-12H2. The van der Waals surface area contributed by atoms with Crippen molar-refractivity contribution in [3.63, 3.8) is 0 Å². The quantitative estimate of drug-likeness (QED) is 0.918. The number of rotatable bonds is 5. The second kappa shape index (κ2) is 6.88. The van der Waals surface area contributed by atoms with Crippen molar-refractivity contribution in [3.05, 3.63) is 52.2 Å². The van der Waals surface area contributed by atoms with E-state index in [1.807, 2.05) is 6.07 Å². The average molecular weight is 289 g/mol. The van der Waals surface area contributed by atoms with Gasteiger partial charge in [-0.3, -0.25) is 0 Å². The van der Waals surface area contributed by atoms with Crippen LogP contribution in [0.25, 0.3) is 0 Å². The zero-order valence-corrected chi connectivity index (χ0v) is 12.2. The van der Waals surface area contributed by atoms with Crippen LogP contribution in [0.15, 0.2) is 41.8 Å². The van der Waals surface area contributed by atoms with E-state index in [1.54, 1.807) is 11.3 Å². The smallest absolute Gasteiger partial charge is 0.119 e. The van der Waals surface area contributed by atoms with Crippen LogP contribution >= 0.6 is 11.3 Å². The molecule has 3 nitrogen and oxygen atoms in total. The summed E-state index contributed by atoms with van der Waals surface area (Å²) >= 11 is 1.79. The number of benzene rings is 1. The van der Waals surface area contributed by atoms with Crippen LogP contribution in [-0.4, -0.2) is 32.4 Å². The van der Waals surface area contributed by atoms with Gasteiger partial charge in [0.15, 0.2) is 0 Å². The fraction of sp³-hybridized carbons (Fsp3) is 0.375. The molecule has 2 heterocycles. The Balaban J connectivity index is 1.56. The van der Waals surface area contributed by atoms with E-state index < -0.39 is 0 Å². The predicted molar refractivity (Wildman–Crippen MR) is 81.7 cm³/mol. The molecule has 1 N–H and O–H groups in total. The Morgan fingerprint density at radius 1 is 1.30 bits per heavy atom. The molecule has 20 heavy (non-hydrogen) atoms. The number of hydrogen-bond acceptors (Lipinski definition) is 4. The minimum atomic E-state index is 0.157. The highest BCUT2D eigenvalue weighted by Gasteiger charge is 2.13. The van der Waals surface area contributed by atoms with Crippen LogP contribution in [0, 0.1) is 0 Å². The minimum Gasteiger partial charge on any atom is -0.491 e. The van der Waals surface area contributed by atoms with Gasteiger partial charge in [-0.05, 0) is 29.1 Å². The van der Waals surface area contributed by atoms with E-state index in [-0.39, 0.29) is 6.10 Å². The fourth-order valence-corrected chi connectivity index (χ4v) is 3.01. The Morgan fingerprint density at radius 3 is 3.10 bits per heavy atom. The summed E-state index contributed by atoms with van der Waals surface area (Å²) in [7, 11) is 0. The van der Waals surface area contributed by atoms with E-state index >= 15 is 0 Å². The zero-order chi connectivity index (χ0) is 13.6. The average Bonchev–Trinajstić information content (AvgIpc) is 3.00. The lowest BCUT2D eigenvalue weighted by Crippen LogP contribution is -2.41. The molecule has 0 aliphatic carbocycles. The summed E-state index contributed by atoms with van der Waals surface area (Å²) in [6.45, 7) is 3.18. The Hall–Kier alpha value is -1.36. The van der Waals surface area contributed by atoms with Crippen molar-refractivity contribution in [2.24, 2.45) is 0 Å². The molecule has 1 aliphatic heterocycles. The molecule has 2 aromatic rings. The van der Waals surface area contributed by atoms with E-state index in [4.69, 9.17) is 9.47 Å². The van der Waals surface area contributed by atoms with Crippen LogP contribution in [0.4, 0.5) is 0 Å². The number of thiophene rings is 1. The molecular weight excluding hydrogens is 270 g/mol. The van der Waals surface area contributed by atoms with Crippen LogP contribution in [0.3, 0.4) is 0 Å². The molecular formula is C16H19NO2S. The third-order valence-corrected chi connectivity index (χ3v) is 4.17. The van der Waals surface area contributed by atoms with Crippen LogP contribution in [0.5, 0.6) is 5.75 Å². The molecule has 0 saturated carbocycles. The monoisotopic (exact) mass is 289 g/mol. The third kappa shape index (κ3) is 3.82. The molecule has 1 saturated heterocycles.